The van der Waals surface area contributed by atoms with E-state index in [1.54, 1.807) is 14.0 Å². The van der Waals surface area contributed by atoms with E-state index in [-0.39, 0.29) is 5.91 Å². The molecule has 0 aromatic heterocycles. The van der Waals surface area contributed by atoms with E-state index in [2.05, 4.69) is 11.4 Å². The molecule has 0 aliphatic carbocycles. The molecule has 0 aliphatic rings. The molecule has 0 radical (unpaired) electrons. The number of nitrogens with zero attached hydrogens (tertiary/aromatic N) is 1. The summed E-state index contributed by atoms with van der Waals surface area (Å²) >= 11 is 0. The number of fused-ring (bicyclic) bond motifs is 1. The summed E-state index contributed by atoms with van der Waals surface area (Å²) < 4.78 is 5.23. The summed E-state index contributed by atoms with van der Waals surface area (Å²) in [6.07, 6.45) is 0. The van der Waals surface area contributed by atoms with Gasteiger partial charge in [-0.3, -0.25) is 14.5 Å². The van der Waals surface area contributed by atoms with Crippen LogP contribution in [0.4, 0.5) is 0 Å². The van der Waals surface area contributed by atoms with Crippen molar-refractivity contribution in [2.45, 2.75) is 26.4 Å². The van der Waals surface area contributed by atoms with Crippen LogP contribution < -0.4 is 10.1 Å². The van der Waals surface area contributed by atoms with Crippen molar-refractivity contribution in [3.63, 3.8) is 0 Å². The first kappa shape index (κ1) is 18.7. The predicted molar refractivity (Wildman–Crippen MR) is 96.7 cm³/mol. The second-order valence-corrected chi connectivity index (χ2v) is 6.02. The Labute approximate surface area is 147 Å². The number of amides is 1. The van der Waals surface area contributed by atoms with Crippen LogP contribution in [-0.4, -0.2) is 48.1 Å². The van der Waals surface area contributed by atoms with Crippen molar-refractivity contribution in [1.82, 2.24) is 10.2 Å². The SMILES string of the molecule is COc1ccc2cc(CN(CCNC(C)=O)C(C)C(=O)O)ccc2c1. The molecular weight excluding hydrogens is 320 g/mol. The molecule has 1 amide bonds. The average molecular weight is 344 g/mol. The van der Waals surface area contributed by atoms with Crippen molar-refractivity contribution < 1.29 is 19.4 Å². The Hall–Kier alpha value is -2.60. The number of benzene rings is 2. The van der Waals surface area contributed by atoms with Crippen LogP contribution in [0.25, 0.3) is 10.8 Å². The van der Waals surface area contributed by atoms with Gasteiger partial charge in [0.1, 0.15) is 11.8 Å². The van der Waals surface area contributed by atoms with E-state index in [0.29, 0.717) is 19.6 Å². The highest BCUT2D eigenvalue weighted by Crippen LogP contribution is 2.22. The lowest BCUT2D eigenvalue weighted by molar-refractivity contribution is -0.142. The fraction of sp³-hybridized carbons (Fsp3) is 0.368. The third-order valence-electron chi connectivity index (χ3n) is 4.18. The number of rotatable bonds is 8. The van der Waals surface area contributed by atoms with E-state index in [4.69, 9.17) is 4.74 Å². The molecule has 134 valence electrons. The maximum Gasteiger partial charge on any atom is 0.320 e. The largest absolute Gasteiger partial charge is 0.497 e. The second kappa shape index (κ2) is 8.48. The Morgan fingerprint density at radius 2 is 1.88 bits per heavy atom. The zero-order valence-corrected chi connectivity index (χ0v) is 14.8. The summed E-state index contributed by atoms with van der Waals surface area (Å²) in [6.45, 7) is 4.48. The summed E-state index contributed by atoms with van der Waals surface area (Å²) in [5, 5.41) is 14.2. The molecule has 25 heavy (non-hydrogen) atoms. The molecule has 2 aromatic rings. The number of hydrogen-bond acceptors (Lipinski definition) is 4. The molecule has 2 rings (SSSR count). The zero-order chi connectivity index (χ0) is 18.4. The standard InChI is InChI=1S/C19H24N2O4/c1-13(19(23)24)21(9-8-20-14(2)22)12-15-4-5-17-11-18(25-3)7-6-16(17)10-15/h4-7,10-11,13H,8-9,12H2,1-3H3,(H,20,22)(H,23,24). The third kappa shape index (κ3) is 5.19. The molecule has 0 saturated heterocycles. The van der Waals surface area contributed by atoms with Crippen LogP contribution >= 0.6 is 0 Å². The molecule has 0 heterocycles. The van der Waals surface area contributed by atoms with Gasteiger partial charge < -0.3 is 15.2 Å². The van der Waals surface area contributed by atoms with Crippen molar-refractivity contribution in [1.29, 1.82) is 0 Å². The molecule has 2 aromatic carbocycles. The van der Waals surface area contributed by atoms with E-state index in [1.807, 2.05) is 35.2 Å². The van der Waals surface area contributed by atoms with E-state index < -0.39 is 12.0 Å². The van der Waals surface area contributed by atoms with Gasteiger partial charge >= 0.3 is 5.97 Å². The summed E-state index contributed by atoms with van der Waals surface area (Å²) in [5.74, 6) is -0.201. The van der Waals surface area contributed by atoms with Gasteiger partial charge in [-0.1, -0.05) is 18.2 Å². The maximum absolute atomic E-state index is 11.4. The van der Waals surface area contributed by atoms with Gasteiger partial charge in [-0.05, 0) is 41.5 Å². The number of aliphatic carboxylic acids is 1. The molecule has 1 unspecified atom stereocenters. The number of carbonyl (C=O) groups excluding carboxylic acids is 1. The van der Waals surface area contributed by atoms with E-state index >= 15 is 0 Å². The van der Waals surface area contributed by atoms with Crippen LogP contribution in [0.5, 0.6) is 5.75 Å². The quantitative estimate of drug-likeness (QED) is 0.768. The third-order valence-corrected chi connectivity index (χ3v) is 4.18. The minimum Gasteiger partial charge on any atom is -0.497 e. The minimum atomic E-state index is -0.881. The predicted octanol–water partition coefficient (Wildman–Crippen LogP) is 2.26. The first-order valence-corrected chi connectivity index (χ1v) is 8.18. The molecule has 2 N–H and O–H groups in total. The number of hydrogen-bond donors (Lipinski definition) is 2. The fourth-order valence-corrected chi connectivity index (χ4v) is 2.67. The van der Waals surface area contributed by atoms with Crippen molar-refractivity contribution >= 4 is 22.6 Å². The summed E-state index contributed by atoms with van der Waals surface area (Å²) in [4.78, 5) is 24.2. The zero-order valence-electron chi connectivity index (χ0n) is 14.8. The first-order valence-electron chi connectivity index (χ1n) is 8.18. The van der Waals surface area contributed by atoms with Crippen LogP contribution in [0.3, 0.4) is 0 Å². The van der Waals surface area contributed by atoms with Gasteiger partial charge in [0.25, 0.3) is 0 Å². The highest BCUT2D eigenvalue weighted by atomic mass is 16.5. The Morgan fingerprint density at radius 1 is 1.20 bits per heavy atom. The Kier molecular flexibility index (Phi) is 6.36. The molecule has 0 aliphatic heterocycles. The van der Waals surface area contributed by atoms with Gasteiger partial charge in [-0.15, -0.1) is 0 Å². The Balaban J connectivity index is 2.17. The summed E-state index contributed by atoms with van der Waals surface area (Å²) in [7, 11) is 1.63. The fourth-order valence-electron chi connectivity index (χ4n) is 2.67. The van der Waals surface area contributed by atoms with Crippen molar-refractivity contribution in [3.8, 4) is 5.75 Å². The highest BCUT2D eigenvalue weighted by Gasteiger charge is 2.20. The number of carboxylic acid groups (broad SMARTS) is 1. The van der Waals surface area contributed by atoms with E-state index in [0.717, 1.165) is 22.1 Å². The molecule has 0 fully saturated rings. The van der Waals surface area contributed by atoms with Crippen LogP contribution in [0, 0.1) is 0 Å². The van der Waals surface area contributed by atoms with Gasteiger partial charge in [-0.25, -0.2) is 0 Å². The first-order chi connectivity index (χ1) is 11.9. The molecule has 0 saturated carbocycles. The van der Waals surface area contributed by atoms with E-state index in [1.165, 1.54) is 6.92 Å². The van der Waals surface area contributed by atoms with Crippen LogP contribution in [0.15, 0.2) is 36.4 Å². The topological polar surface area (TPSA) is 78.9 Å². The highest BCUT2D eigenvalue weighted by molar-refractivity contribution is 5.84. The van der Waals surface area contributed by atoms with Gasteiger partial charge in [0.05, 0.1) is 7.11 Å². The second-order valence-electron chi connectivity index (χ2n) is 6.02. The lowest BCUT2D eigenvalue weighted by Gasteiger charge is -2.26. The van der Waals surface area contributed by atoms with Gasteiger partial charge in [0, 0.05) is 26.6 Å². The monoisotopic (exact) mass is 344 g/mol. The van der Waals surface area contributed by atoms with Crippen LogP contribution in [0.1, 0.15) is 19.4 Å². The summed E-state index contributed by atoms with van der Waals surface area (Å²) in [6, 6.07) is 11.3. The normalized spacial score (nSPS) is 12.2. The van der Waals surface area contributed by atoms with Gasteiger partial charge in [-0.2, -0.15) is 0 Å². The number of ether oxygens (including phenoxy) is 1. The molecule has 6 nitrogen and oxygen atoms in total. The van der Waals surface area contributed by atoms with Gasteiger partial charge in [0.2, 0.25) is 5.91 Å². The number of carboxylic acids is 1. The minimum absolute atomic E-state index is 0.123. The molecule has 6 heteroatoms. The number of carbonyl (C=O) groups is 2. The van der Waals surface area contributed by atoms with Gasteiger partial charge in [0.15, 0.2) is 0 Å². The average Bonchev–Trinajstić information content (AvgIpc) is 2.59. The molecular formula is C19H24N2O4. The molecule has 0 spiro atoms. The number of nitrogens with one attached hydrogen (secondary N) is 1. The number of methoxy groups -OCH3 is 1. The van der Waals surface area contributed by atoms with Crippen molar-refractivity contribution in [2.24, 2.45) is 0 Å². The lowest BCUT2D eigenvalue weighted by Crippen LogP contribution is -2.42. The summed E-state index contributed by atoms with van der Waals surface area (Å²) in [5.41, 5.74) is 1.02. The Morgan fingerprint density at radius 3 is 2.52 bits per heavy atom. The lowest BCUT2D eigenvalue weighted by atomic mass is 10.1. The maximum atomic E-state index is 11.4. The van der Waals surface area contributed by atoms with Crippen molar-refractivity contribution in [3.05, 3.63) is 42.0 Å². The van der Waals surface area contributed by atoms with Crippen LogP contribution in [-0.2, 0) is 16.1 Å². The smallest absolute Gasteiger partial charge is 0.320 e. The van der Waals surface area contributed by atoms with Crippen LogP contribution in [0.2, 0.25) is 0 Å². The van der Waals surface area contributed by atoms with E-state index in [9.17, 15) is 14.7 Å². The molecule has 0 bridgehead atoms. The molecule has 1 atom stereocenters. The Bertz CT molecular complexity index is 760. The van der Waals surface area contributed by atoms with Crippen molar-refractivity contribution in [2.75, 3.05) is 20.2 Å².